The highest BCUT2D eigenvalue weighted by Gasteiger charge is 2.50. The molecule has 1 atom stereocenters. The molecule has 0 bridgehead atoms. The van der Waals surface area contributed by atoms with Crippen LogP contribution in [0.4, 0.5) is 4.79 Å². The second kappa shape index (κ2) is 7.55. The Kier molecular flexibility index (Phi) is 5.48. The summed E-state index contributed by atoms with van der Waals surface area (Å²) in [5, 5.41) is 12.4. The molecule has 1 aromatic carbocycles. The van der Waals surface area contributed by atoms with E-state index in [1.54, 1.807) is 32.2 Å². The fourth-order valence-corrected chi connectivity index (χ4v) is 4.37. The van der Waals surface area contributed by atoms with Gasteiger partial charge in [0.05, 0.1) is 6.07 Å². The highest BCUT2D eigenvalue weighted by molar-refractivity contribution is 9.10. The van der Waals surface area contributed by atoms with Gasteiger partial charge in [0.15, 0.2) is 0 Å². The monoisotopic (exact) mass is 446 g/mol. The fraction of sp³-hybridized carbons (Fsp3) is 0.500. The minimum atomic E-state index is -1.24. The quantitative estimate of drug-likeness (QED) is 0.719. The first-order valence-corrected chi connectivity index (χ1v) is 10.1. The average molecular weight is 447 g/mol. The summed E-state index contributed by atoms with van der Waals surface area (Å²) in [7, 11) is 1.59. The Balaban J connectivity index is 1.79. The molecule has 1 saturated heterocycles. The lowest BCUT2D eigenvalue weighted by molar-refractivity contribution is -0.141. The van der Waals surface area contributed by atoms with Crippen LogP contribution in [0.1, 0.15) is 44.6 Å². The van der Waals surface area contributed by atoms with Gasteiger partial charge in [0.2, 0.25) is 5.91 Å². The van der Waals surface area contributed by atoms with Crippen molar-refractivity contribution in [1.82, 2.24) is 15.1 Å². The first-order chi connectivity index (χ1) is 13.2. The van der Waals surface area contributed by atoms with Gasteiger partial charge in [0.25, 0.3) is 5.91 Å². The Hall–Kier alpha value is -2.40. The van der Waals surface area contributed by atoms with Crippen LogP contribution in [0.5, 0.6) is 0 Å². The van der Waals surface area contributed by atoms with E-state index in [1.807, 2.05) is 6.07 Å². The summed E-state index contributed by atoms with van der Waals surface area (Å²) in [6.07, 6.45) is 4.04. The summed E-state index contributed by atoms with van der Waals surface area (Å²) in [6.45, 7) is 1.25. The van der Waals surface area contributed by atoms with Gasteiger partial charge in [0, 0.05) is 11.5 Å². The van der Waals surface area contributed by atoms with Crippen molar-refractivity contribution >= 4 is 33.8 Å². The highest BCUT2D eigenvalue weighted by Crippen LogP contribution is 2.34. The predicted octanol–water partition coefficient (Wildman–Crippen LogP) is 2.90. The van der Waals surface area contributed by atoms with Crippen LogP contribution in [0.3, 0.4) is 0 Å². The average Bonchev–Trinajstić information content (AvgIpc) is 2.92. The van der Waals surface area contributed by atoms with Crippen molar-refractivity contribution in [2.24, 2.45) is 0 Å². The van der Waals surface area contributed by atoms with Crippen LogP contribution in [0.25, 0.3) is 0 Å². The second-order valence-corrected chi connectivity index (χ2v) is 8.53. The smallest absolute Gasteiger partial charge is 0.325 e. The highest BCUT2D eigenvalue weighted by atomic mass is 79.9. The molecular formula is C20H23BrN4O3. The molecule has 2 aliphatic rings. The minimum Gasteiger partial charge on any atom is -0.325 e. The number of nitriles is 1. The van der Waals surface area contributed by atoms with Gasteiger partial charge in [0.1, 0.15) is 17.6 Å². The van der Waals surface area contributed by atoms with Crippen molar-refractivity contribution in [3.8, 4) is 6.07 Å². The third-order valence-corrected chi connectivity index (χ3v) is 6.37. The lowest BCUT2D eigenvalue weighted by Crippen LogP contribution is -2.53. The van der Waals surface area contributed by atoms with Gasteiger partial charge < -0.3 is 10.2 Å². The summed E-state index contributed by atoms with van der Waals surface area (Å²) in [6, 6.07) is 8.82. The van der Waals surface area contributed by atoms with E-state index in [-0.39, 0.29) is 6.54 Å². The summed E-state index contributed by atoms with van der Waals surface area (Å²) in [5.74, 6) is -0.891. The van der Waals surface area contributed by atoms with Gasteiger partial charge >= 0.3 is 6.03 Å². The maximum Gasteiger partial charge on any atom is 0.325 e. The number of benzene rings is 1. The molecule has 1 aliphatic heterocycles. The molecule has 2 fully saturated rings. The predicted molar refractivity (Wildman–Crippen MR) is 106 cm³/mol. The molecular weight excluding hydrogens is 424 g/mol. The topological polar surface area (TPSA) is 93.5 Å². The molecule has 1 unspecified atom stereocenters. The molecule has 0 aromatic heterocycles. The van der Waals surface area contributed by atoms with Gasteiger partial charge in [-0.05, 0) is 37.5 Å². The maximum absolute atomic E-state index is 13.0. The summed E-state index contributed by atoms with van der Waals surface area (Å²) in [5.41, 5.74) is -1.47. The van der Waals surface area contributed by atoms with Crippen molar-refractivity contribution in [3.05, 3.63) is 34.3 Å². The number of rotatable bonds is 4. The summed E-state index contributed by atoms with van der Waals surface area (Å²) in [4.78, 5) is 40.7. The Bertz CT molecular complexity index is 859. The van der Waals surface area contributed by atoms with Crippen LogP contribution in [0.2, 0.25) is 0 Å². The Morgan fingerprint density at radius 2 is 2.00 bits per heavy atom. The molecule has 4 amide bonds. The van der Waals surface area contributed by atoms with Gasteiger partial charge in [-0.15, -0.1) is 0 Å². The number of hydrogen-bond acceptors (Lipinski definition) is 4. The number of urea groups is 1. The Morgan fingerprint density at radius 3 is 2.61 bits per heavy atom. The lowest BCUT2D eigenvalue weighted by atomic mass is 9.81. The Morgan fingerprint density at radius 1 is 1.32 bits per heavy atom. The van der Waals surface area contributed by atoms with Crippen molar-refractivity contribution in [3.63, 3.8) is 0 Å². The van der Waals surface area contributed by atoms with Crippen molar-refractivity contribution in [2.45, 2.75) is 50.1 Å². The van der Waals surface area contributed by atoms with Gasteiger partial charge in [-0.2, -0.15) is 5.26 Å². The van der Waals surface area contributed by atoms with Crippen LogP contribution >= 0.6 is 15.9 Å². The maximum atomic E-state index is 13.0. The zero-order valence-electron chi connectivity index (χ0n) is 16.0. The van der Waals surface area contributed by atoms with E-state index in [4.69, 9.17) is 0 Å². The SMILES string of the molecule is CN(C(=O)CN1C(=O)NC(C)(c2cccc(Br)c2)C1=O)C1(C#N)CCCCC1. The number of carbonyl (C=O) groups excluding carboxylic acids is 3. The van der Waals surface area contributed by atoms with Gasteiger partial charge in [-0.3, -0.25) is 14.5 Å². The molecule has 1 N–H and O–H groups in total. The zero-order valence-corrected chi connectivity index (χ0v) is 17.6. The van der Waals surface area contributed by atoms with Crippen LogP contribution in [0.15, 0.2) is 28.7 Å². The summed E-state index contributed by atoms with van der Waals surface area (Å²) < 4.78 is 0.788. The number of halogens is 1. The largest absolute Gasteiger partial charge is 0.325 e. The van der Waals surface area contributed by atoms with Gasteiger partial charge in [-0.1, -0.05) is 47.3 Å². The molecule has 1 heterocycles. The molecule has 28 heavy (non-hydrogen) atoms. The number of amides is 4. The number of nitrogens with one attached hydrogen (secondary N) is 1. The molecule has 3 rings (SSSR count). The molecule has 148 valence electrons. The van der Waals surface area contributed by atoms with E-state index in [1.165, 1.54) is 4.90 Å². The Labute approximate surface area is 172 Å². The van der Waals surface area contributed by atoms with Crippen molar-refractivity contribution < 1.29 is 14.4 Å². The number of imide groups is 1. The number of hydrogen-bond donors (Lipinski definition) is 1. The van der Waals surface area contributed by atoms with E-state index in [2.05, 4.69) is 27.3 Å². The van der Waals surface area contributed by atoms with E-state index in [9.17, 15) is 19.6 Å². The number of nitrogens with zero attached hydrogens (tertiary/aromatic N) is 3. The van der Waals surface area contributed by atoms with Crippen LogP contribution in [0, 0.1) is 11.3 Å². The van der Waals surface area contributed by atoms with Crippen molar-refractivity contribution in [1.29, 1.82) is 5.26 Å². The standard InChI is InChI=1S/C20H23BrN4O3/c1-19(14-7-6-8-15(21)11-14)17(27)25(18(28)23-19)12-16(26)24(2)20(13-22)9-4-3-5-10-20/h6-8,11H,3-5,9-10,12H2,1-2H3,(H,23,28). The van der Waals surface area contributed by atoms with Crippen LogP contribution in [-0.4, -0.2) is 46.8 Å². The van der Waals surface area contributed by atoms with Crippen molar-refractivity contribution in [2.75, 3.05) is 13.6 Å². The molecule has 1 saturated carbocycles. The molecule has 7 nitrogen and oxygen atoms in total. The third kappa shape index (κ3) is 3.39. The molecule has 1 aromatic rings. The van der Waals surface area contributed by atoms with E-state index in [0.29, 0.717) is 18.4 Å². The fourth-order valence-electron chi connectivity index (χ4n) is 3.97. The lowest BCUT2D eigenvalue weighted by Gasteiger charge is -2.39. The molecule has 0 radical (unpaired) electrons. The zero-order chi connectivity index (χ0) is 20.5. The normalized spacial score (nSPS) is 23.9. The van der Waals surface area contributed by atoms with Crippen LogP contribution < -0.4 is 5.32 Å². The minimum absolute atomic E-state index is 0.381. The molecule has 1 aliphatic carbocycles. The summed E-state index contributed by atoms with van der Waals surface area (Å²) >= 11 is 3.37. The van der Waals surface area contributed by atoms with E-state index in [0.717, 1.165) is 28.6 Å². The van der Waals surface area contributed by atoms with Crippen LogP contribution in [-0.2, 0) is 15.1 Å². The molecule has 0 spiro atoms. The van der Waals surface area contributed by atoms with E-state index >= 15 is 0 Å². The first-order valence-electron chi connectivity index (χ1n) is 9.31. The molecule has 8 heteroatoms. The number of likely N-dealkylation sites (N-methyl/N-ethyl adjacent to an activating group) is 1. The number of carbonyl (C=O) groups is 3. The van der Waals surface area contributed by atoms with E-state index < -0.39 is 28.9 Å². The second-order valence-electron chi connectivity index (χ2n) is 7.61. The first kappa shape index (κ1) is 20.3. The van der Waals surface area contributed by atoms with Gasteiger partial charge in [-0.25, -0.2) is 4.79 Å². The third-order valence-electron chi connectivity index (χ3n) is 5.88.